The maximum absolute atomic E-state index is 13.5. The molecule has 0 saturated heterocycles. The molecule has 0 spiro atoms. The van der Waals surface area contributed by atoms with Crippen LogP contribution in [0.2, 0.25) is 0 Å². The lowest BCUT2D eigenvalue weighted by atomic mass is 9.51. The van der Waals surface area contributed by atoms with Crippen LogP contribution in [0.15, 0.2) is 42.6 Å². The van der Waals surface area contributed by atoms with Gasteiger partial charge in [0, 0.05) is 18.7 Å². The minimum Gasteiger partial charge on any atom is -0.481 e. The number of hydrogen-bond acceptors (Lipinski definition) is 6. The quantitative estimate of drug-likeness (QED) is 0.350. The Bertz CT molecular complexity index is 1410. The van der Waals surface area contributed by atoms with Crippen molar-refractivity contribution in [2.24, 2.45) is 16.6 Å². The summed E-state index contributed by atoms with van der Waals surface area (Å²) in [6.07, 6.45) is 4.04. The van der Waals surface area contributed by atoms with E-state index in [2.05, 4.69) is 20.7 Å². The number of rotatable bonds is 8. The summed E-state index contributed by atoms with van der Waals surface area (Å²) in [7, 11) is 0. The first-order chi connectivity index (χ1) is 18.1. The second-order valence-corrected chi connectivity index (χ2v) is 10.2. The molecule has 2 heterocycles. The first-order valence-corrected chi connectivity index (χ1v) is 12.3. The number of hydrogen-bond donors (Lipinski definition) is 4. The maximum atomic E-state index is 13.5. The van der Waals surface area contributed by atoms with Crippen LogP contribution >= 0.6 is 0 Å². The molecule has 3 fully saturated rings. The molecule has 6 rings (SSSR count). The molecule has 38 heavy (non-hydrogen) atoms. The third-order valence-corrected chi connectivity index (χ3v) is 8.12. The number of aromatic nitrogens is 3. The summed E-state index contributed by atoms with van der Waals surface area (Å²) >= 11 is 0. The summed E-state index contributed by atoms with van der Waals surface area (Å²) in [5.74, 6) is -3.13. The molecular formula is C26H27FN6O5. The Morgan fingerprint density at radius 1 is 1.03 bits per heavy atom. The van der Waals surface area contributed by atoms with E-state index in [0.717, 1.165) is 0 Å². The standard InChI is InChI=1S/C26H27FN6O5/c27-16-3-1-15(2-4-16)14-29-22(35)17-13-18(33-19(31-17)5-12-30-33)23(36)32-20(21(28)34)25-6-9-26(10-7-25,11-8-25)24(37)38/h1-5,12-13,20H,6-11,14H2,(H2,28,34)(H,29,35)(H,32,36)(H,37,38). The molecule has 0 aliphatic heterocycles. The number of benzene rings is 1. The minimum absolute atomic E-state index is 0.0129. The zero-order chi connectivity index (χ0) is 27.1. The third-order valence-electron chi connectivity index (χ3n) is 8.12. The van der Waals surface area contributed by atoms with Crippen LogP contribution in [0.1, 0.15) is 65.1 Å². The van der Waals surface area contributed by atoms with Crippen LogP contribution in [0.25, 0.3) is 5.65 Å². The Labute approximate surface area is 216 Å². The van der Waals surface area contributed by atoms with Crippen LogP contribution in [0.3, 0.4) is 0 Å². The Morgan fingerprint density at radius 3 is 2.29 bits per heavy atom. The molecule has 2 bridgehead atoms. The van der Waals surface area contributed by atoms with E-state index in [9.17, 15) is 28.7 Å². The lowest BCUT2D eigenvalue weighted by Gasteiger charge is -2.53. The fourth-order valence-electron chi connectivity index (χ4n) is 5.77. The number of carboxylic acids is 1. The molecule has 1 atom stereocenters. The predicted octanol–water partition coefficient (Wildman–Crippen LogP) is 1.81. The molecule has 3 saturated carbocycles. The Balaban J connectivity index is 1.37. The van der Waals surface area contributed by atoms with Gasteiger partial charge in [0.2, 0.25) is 5.91 Å². The number of nitrogens with one attached hydrogen (secondary N) is 2. The topological polar surface area (TPSA) is 169 Å². The number of nitrogens with two attached hydrogens (primary N) is 1. The van der Waals surface area contributed by atoms with Crippen LogP contribution in [0.5, 0.6) is 0 Å². The summed E-state index contributed by atoms with van der Waals surface area (Å²) in [5, 5.41) is 19.3. The van der Waals surface area contributed by atoms with Gasteiger partial charge in [-0.1, -0.05) is 12.1 Å². The highest BCUT2D eigenvalue weighted by Gasteiger charge is 2.56. The van der Waals surface area contributed by atoms with Crippen LogP contribution in [0.4, 0.5) is 4.39 Å². The van der Waals surface area contributed by atoms with Crippen molar-refractivity contribution >= 4 is 29.3 Å². The lowest BCUT2D eigenvalue weighted by Crippen LogP contribution is -2.60. The molecule has 11 nitrogen and oxygen atoms in total. The van der Waals surface area contributed by atoms with Crippen molar-refractivity contribution in [3.8, 4) is 0 Å². The highest BCUT2D eigenvalue weighted by atomic mass is 19.1. The van der Waals surface area contributed by atoms with Crippen LogP contribution < -0.4 is 16.4 Å². The number of halogens is 1. The van der Waals surface area contributed by atoms with Gasteiger partial charge in [-0.25, -0.2) is 13.9 Å². The fraction of sp³-hybridized carbons (Fsp3) is 0.385. The van der Waals surface area contributed by atoms with Crippen molar-refractivity contribution in [3.05, 3.63) is 65.4 Å². The molecule has 3 aliphatic rings. The van der Waals surface area contributed by atoms with Gasteiger partial charge in [0.15, 0.2) is 5.65 Å². The van der Waals surface area contributed by atoms with Crippen molar-refractivity contribution in [2.45, 2.75) is 51.1 Å². The Hall–Kier alpha value is -4.35. The van der Waals surface area contributed by atoms with Gasteiger partial charge in [0.1, 0.15) is 23.2 Å². The molecule has 1 unspecified atom stereocenters. The predicted molar refractivity (Wildman–Crippen MR) is 131 cm³/mol. The number of aliphatic carboxylic acids is 1. The van der Waals surface area contributed by atoms with Gasteiger partial charge in [-0.05, 0) is 61.6 Å². The maximum Gasteiger partial charge on any atom is 0.309 e. The summed E-state index contributed by atoms with van der Waals surface area (Å²) < 4.78 is 14.4. The van der Waals surface area contributed by atoms with Gasteiger partial charge in [-0.2, -0.15) is 5.10 Å². The molecular weight excluding hydrogens is 495 g/mol. The van der Waals surface area contributed by atoms with E-state index in [4.69, 9.17) is 5.73 Å². The molecule has 5 N–H and O–H groups in total. The van der Waals surface area contributed by atoms with Gasteiger partial charge in [-0.15, -0.1) is 0 Å². The van der Waals surface area contributed by atoms with E-state index >= 15 is 0 Å². The van der Waals surface area contributed by atoms with E-state index in [-0.39, 0.29) is 29.4 Å². The van der Waals surface area contributed by atoms with E-state index in [1.165, 1.54) is 35.0 Å². The van der Waals surface area contributed by atoms with Gasteiger partial charge < -0.3 is 21.5 Å². The van der Waals surface area contributed by atoms with Crippen molar-refractivity contribution < 1.29 is 28.7 Å². The molecule has 12 heteroatoms. The summed E-state index contributed by atoms with van der Waals surface area (Å²) in [4.78, 5) is 55.0. The highest BCUT2D eigenvalue weighted by Crippen LogP contribution is 2.58. The first kappa shape index (κ1) is 25.3. The average molecular weight is 523 g/mol. The second kappa shape index (κ2) is 9.51. The number of carbonyl (C=O) groups excluding carboxylic acids is 3. The average Bonchev–Trinajstić information content (AvgIpc) is 3.40. The zero-order valence-electron chi connectivity index (χ0n) is 20.4. The molecule has 3 amide bonds. The van der Waals surface area contributed by atoms with E-state index in [0.29, 0.717) is 44.1 Å². The number of carboxylic acid groups (broad SMARTS) is 1. The Kier molecular flexibility index (Phi) is 6.33. The van der Waals surface area contributed by atoms with Crippen LogP contribution in [-0.4, -0.2) is 49.4 Å². The number of nitrogens with zero attached hydrogens (tertiary/aromatic N) is 3. The van der Waals surface area contributed by atoms with Crippen LogP contribution in [-0.2, 0) is 16.1 Å². The normalized spacial score (nSPS) is 23.1. The van der Waals surface area contributed by atoms with Gasteiger partial charge in [-0.3, -0.25) is 19.2 Å². The number of amides is 3. The molecule has 3 aliphatic carbocycles. The number of primary amides is 1. The van der Waals surface area contributed by atoms with E-state index in [1.54, 1.807) is 12.1 Å². The fourth-order valence-corrected chi connectivity index (χ4v) is 5.77. The van der Waals surface area contributed by atoms with Gasteiger partial charge in [0.05, 0.1) is 11.6 Å². The summed E-state index contributed by atoms with van der Waals surface area (Å²) in [6, 6.07) is 7.46. The summed E-state index contributed by atoms with van der Waals surface area (Å²) in [6.45, 7) is 0.122. The molecule has 0 radical (unpaired) electrons. The van der Waals surface area contributed by atoms with E-state index in [1.807, 2.05) is 0 Å². The van der Waals surface area contributed by atoms with Crippen molar-refractivity contribution in [1.82, 2.24) is 25.2 Å². The summed E-state index contributed by atoms with van der Waals surface area (Å²) in [5.41, 5.74) is 5.21. The van der Waals surface area contributed by atoms with Gasteiger partial charge >= 0.3 is 5.97 Å². The van der Waals surface area contributed by atoms with Crippen molar-refractivity contribution in [2.75, 3.05) is 0 Å². The van der Waals surface area contributed by atoms with Crippen LogP contribution in [0, 0.1) is 16.6 Å². The number of carbonyl (C=O) groups is 4. The molecule has 2 aromatic heterocycles. The monoisotopic (exact) mass is 522 g/mol. The number of fused-ring (bicyclic) bond motifs is 4. The largest absolute Gasteiger partial charge is 0.481 e. The van der Waals surface area contributed by atoms with Crippen molar-refractivity contribution in [3.63, 3.8) is 0 Å². The second-order valence-electron chi connectivity index (χ2n) is 10.2. The van der Waals surface area contributed by atoms with Gasteiger partial charge in [0.25, 0.3) is 11.8 Å². The SMILES string of the molecule is NC(=O)C(NC(=O)c1cc(C(=O)NCc2ccc(F)cc2)nc2ccnn12)C12CCC(C(=O)O)(CC1)CC2. The lowest BCUT2D eigenvalue weighted by molar-refractivity contribution is -0.160. The molecule has 3 aromatic rings. The third kappa shape index (κ3) is 4.46. The molecule has 198 valence electrons. The first-order valence-electron chi connectivity index (χ1n) is 12.3. The van der Waals surface area contributed by atoms with E-state index < -0.39 is 40.6 Å². The zero-order valence-corrected chi connectivity index (χ0v) is 20.4. The van der Waals surface area contributed by atoms with Crippen molar-refractivity contribution in [1.29, 1.82) is 0 Å². The minimum atomic E-state index is -1.02. The smallest absolute Gasteiger partial charge is 0.309 e. The Morgan fingerprint density at radius 2 is 1.68 bits per heavy atom. The molecule has 1 aromatic carbocycles. The highest BCUT2D eigenvalue weighted by molar-refractivity contribution is 6.00.